The second-order valence-electron chi connectivity index (χ2n) is 14.4. The molecule has 1 heterocycles. The van der Waals surface area contributed by atoms with Gasteiger partial charge in [0.15, 0.2) is 8.32 Å². The Morgan fingerprint density at radius 3 is 1.58 bits per heavy atom. The fourth-order valence-electron chi connectivity index (χ4n) is 4.71. The average Bonchev–Trinajstić information content (AvgIpc) is 3.16. The molecule has 62 heavy (non-hydrogen) atoms. The molecule has 2 rings (SSSR count). The molecule has 0 aromatic heterocycles. The highest BCUT2D eigenvalue weighted by Gasteiger charge is 2.45. The number of carbonyl (C=O) groups is 1. The van der Waals surface area contributed by atoms with Gasteiger partial charge in [-0.25, -0.2) is 0 Å². The lowest BCUT2D eigenvalue weighted by Gasteiger charge is -2.40. The number of Topliss-reactive ketones (excluding diaryl/α,β-unsaturated/α-hetero) is 1. The Hall–Kier alpha value is -1.16. The van der Waals surface area contributed by atoms with Crippen LogP contribution < -0.4 is 5.19 Å². The van der Waals surface area contributed by atoms with Crippen LogP contribution in [-0.4, -0.2) is 109 Å². The highest BCUT2D eigenvalue weighted by atomic mass is 28.5. The van der Waals surface area contributed by atoms with E-state index in [0.717, 1.165) is 51.5 Å². The van der Waals surface area contributed by atoms with Crippen molar-refractivity contribution < 1.29 is 31.1 Å². The fraction of sp³-hybridized carbons (Fsp3) is 0.750. The standard InChI is InChI=1S/C13H31NO3Si2.C10H14Si.C6H13N.C5H10.C4H12O3Si.C4H10OSi.6CH4/c1-6-12-18(4)13-10-9-11-15-19(5,17-18)16-14(7-2)8-3;1-9(2)8-11-10-6-4-3-5-7-10;1-4-6(3)7-5-2;1-4-5(2)3;1-5-8(4,6-2)7-3;1-4(5)3-6-2;;;;;;/h6-13H2,1-5H3;3-7H,1,8,11H2,2H3;4-5H2,1-3H3;2,4H2,1,3H3;1-4H3;3,6H2,1-2H3;6*1H4. The maximum Gasteiger partial charge on any atom is 0.504 e. The molecular formula is C48H114N2O7Si5. The molecular weight excluding hydrogens is 857 g/mol. The molecule has 1 fully saturated rings. The molecule has 0 amide bonds. The van der Waals surface area contributed by atoms with Gasteiger partial charge in [0.05, 0.1) is 9.52 Å². The Bertz CT molecular complexity index is 1120. The minimum Gasteiger partial charge on any atom is -0.415 e. The first-order chi connectivity index (χ1) is 26.3. The second kappa shape index (κ2) is 54.2. The molecule has 1 aliphatic rings. The Labute approximate surface area is 399 Å². The molecule has 9 nitrogen and oxygen atoms in total. The zero-order valence-corrected chi connectivity index (χ0v) is 45.5. The molecule has 0 bridgehead atoms. The van der Waals surface area contributed by atoms with Gasteiger partial charge in [-0.05, 0) is 84.6 Å². The molecule has 2 atom stereocenters. The molecule has 2 unspecified atom stereocenters. The zero-order valence-electron chi connectivity index (χ0n) is 39.7. The number of allylic oxidation sites excluding steroid dienone is 2. The van der Waals surface area contributed by atoms with Crippen molar-refractivity contribution in [1.82, 2.24) is 5.06 Å². The highest BCUT2D eigenvalue weighted by Crippen LogP contribution is 2.30. The maximum absolute atomic E-state index is 10.1. The van der Waals surface area contributed by atoms with Gasteiger partial charge in [-0.1, -0.05) is 145 Å². The number of nitrogens with zero attached hydrogens (tertiary/aromatic N) is 2. The lowest BCUT2D eigenvalue weighted by atomic mass is 10.3. The van der Waals surface area contributed by atoms with Crippen molar-refractivity contribution in [3.63, 3.8) is 0 Å². The summed E-state index contributed by atoms with van der Waals surface area (Å²) in [5, 5.41) is 3.50. The van der Waals surface area contributed by atoms with Gasteiger partial charge in [0, 0.05) is 75.9 Å². The molecule has 1 aromatic rings. The van der Waals surface area contributed by atoms with E-state index in [-0.39, 0.29) is 63.6 Å². The number of carbonyl (C=O) groups excluding carboxylic acids is 1. The van der Waals surface area contributed by atoms with E-state index in [1.54, 1.807) is 28.3 Å². The summed E-state index contributed by atoms with van der Waals surface area (Å²) >= 11 is 0. The minimum atomic E-state index is -2.51. The second-order valence-corrected chi connectivity index (χ2v) is 27.6. The first-order valence-electron chi connectivity index (χ1n) is 21.0. The van der Waals surface area contributed by atoms with Gasteiger partial charge in [0.1, 0.15) is 5.78 Å². The zero-order chi connectivity index (χ0) is 44.1. The van der Waals surface area contributed by atoms with Gasteiger partial charge in [0.2, 0.25) is 0 Å². The van der Waals surface area contributed by atoms with E-state index in [0.29, 0.717) is 5.78 Å². The largest absolute Gasteiger partial charge is 0.504 e. The smallest absolute Gasteiger partial charge is 0.415 e. The minimum absolute atomic E-state index is 0. The number of rotatable bonds is 17. The van der Waals surface area contributed by atoms with Crippen LogP contribution in [0.1, 0.15) is 146 Å². The van der Waals surface area contributed by atoms with Crippen LogP contribution in [-0.2, 0) is 31.1 Å². The summed E-state index contributed by atoms with van der Waals surface area (Å²) in [7, 11) is -1.64. The molecule has 0 aliphatic carbocycles. The Balaban J connectivity index is -0.0000000686. The van der Waals surface area contributed by atoms with E-state index in [9.17, 15) is 4.79 Å². The van der Waals surface area contributed by atoms with Crippen LogP contribution in [0.2, 0.25) is 50.4 Å². The van der Waals surface area contributed by atoms with Crippen LogP contribution in [0.25, 0.3) is 0 Å². The Morgan fingerprint density at radius 1 is 0.806 bits per heavy atom. The van der Waals surface area contributed by atoms with Gasteiger partial charge in [-0.15, -0.1) is 13.2 Å². The Morgan fingerprint density at radius 2 is 1.29 bits per heavy atom. The average molecular weight is 972 g/mol. The monoisotopic (exact) mass is 971 g/mol. The molecule has 0 N–H and O–H groups in total. The predicted molar refractivity (Wildman–Crippen MR) is 300 cm³/mol. The highest BCUT2D eigenvalue weighted by molar-refractivity contribution is 6.81. The number of aliphatic imine (C=N–C) groups is 1. The van der Waals surface area contributed by atoms with Crippen LogP contribution in [0.3, 0.4) is 0 Å². The number of benzene rings is 1. The van der Waals surface area contributed by atoms with E-state index in [1.165, 1.54) is 53.0 Å². The summed E-state index contributed by atoms with van der Waals surface area (Å²) in [6, 6.07) is 15.3. The number of hydroxylamine groups is 2. The summed E-state index contributed by atoms with van der Waals surface area (Å²) in [5.41, 5.74) is 3.83. The van der Waals surface area contributed by atoms with Gasteiger partial charge in [0.25, 0.3) is 0 Å². The van der Waals surface area contributed by atoms with Crippen molar-refractivity contribution in [2.45, 2.75) is 196 Å². The summed E-state index contributed by atoms with van der Waals surface area (Å²) in [6.45, 7) is 40.0. The first kappa shape index (κ1) is 84.3. The molecule has 0 radical (unpaired) electrons. The summed E-state index contributed by atoms with van der Waals surface area (Å²) < 4.78 is 33.5. The Kier molecular flexibility index (Phi) is 73.7. The van der Waals surface area contributed by atoms with Crippen LogP contribution in [0.15, 0.2) is 59.6 Å². The SMILES string of the molecule is C.C.C.C.C.C.C=C(C)CC.C=C(C)C[SiH2]c1ccccc1.CCC[Si]1(C)CCCCO[Si](C)(ON(CC)CC)O1.CCN=C(C)CC.CO[Si](C)(OC)OC.C[SiH2]CC(C)=O. The van der Waals surface area contributed by atoms with E-state index >= 15 is 0 Å². The van der Waals surface area contributed by atoms with E-state index in [4.69, 9.17) is 26.3 Å². The van der Waals surface area contributed by atoms with Crippen molar-refractivity contribution in [3.8, 4) is 0 Å². The lowest BCUT2D eigenvalue weighted by Crippen LogP contribution is -2.56. The summed E-state index contributed by atoms with van der Waals surface area (Å²) in [4.78, 5) is 14.2. The first-order valence-corrected chi connectivity index (χ1v) is 32.4. The predicted octanol–water partition coefficient (Wildman–Crippen LogP) is 13.5. The lowest BCUT2D eigenvalue weighted by molar-refractivity contribution is -0.115. The molecule has 14 heteroatoms. The van der Waals surface area contributed by atoms with Crippen LogP contribution in [0.5, 0.6) is 0 Å². The van der Waals surface area contributed by atoms with Crippen molar-refractivity contribution >= 4 is 61.6 Å². The number of ketones is 1. The third-order valence-corrected chi connectivity index (χ3v) is 21.9. The van der Waals surface area contributed by atoms with Crippen molar-refractivity contribution in [3.05, 3.63) is 54.6 Å². The van der Waals surface area contributed by atoms with E-state index in [1.807, 2.05) is 18.5 Å². The maximum atomic E-state index is 10.1. The van der Waals surface area contributed by atoms with Crippen LogP contribution in [0, 0.1) is 0 Å². The normalized spacial score (nSPS) is 16.6. The van der Waals surface area contributed by atoms with Gasteiger partial charge in [-0.3, -0.25) is 9.52 Å². The third-order valence-electron chi connectivity index (χ3n) is 8.62. The van der Waals surface area contributed by atoms with Crippen LogP contribution >= 0.6 is 0 Å². The fourth-order valence-corrected chi connectivity index (χ4v) is 15.6. The van der Waals surface area contributed by atoms with Crippen LogP contribution in [0.4, 0.5) is 0 Å². The molecule has 1 aromatic carbocycles. The molecule has 1 saturated heterocycles. The molecule has 0 saturated carbocycles. The van der Waals surface area contributed by atoms with E-state index < -0.39 is 25.9 Å². The van der Waals surface area contributed by atoms with Gasteiger partial charge >= 0.3 is 17.6 Å². The molecule has 1 aliphatic heterocycles. The molecule has 378 valence electrons. The summed E-state index contributed by atoms with van der Waals surface area (Å²) in [5.74, 6) is 0.351. The van der Waals surface area contributed by atoms with Gasteiger partial charge in [-0.2, -0.15) is 5.06 Å². The quantitative estimate of drug-likeness (QED) is 0.0660. The number of hydrogen-bond acceptors (Lipinski definition) is 9. The van der Waals surface area contributed by atoms with Crippen molar-refractivity contribution in [2.75, 3.05) is 47.6 Å². The summed E-state index contributed by atoms with van der Waals surface area (Å²) in [6.07, 6.45) is 5.77. The third kappa shape index (κ3) is 55.0. The van der Waals surface area contributed by atoms with E-state index in [2.05, 4.69) is 124 Å². The van der Waals surface area contributed by atoms with Gasteiger partial charge < -0.3 is 26.6 Å². The van der Waals surface area contributed by atoms with Crippen molar-refractivity contribution in [2.24, 2.45) is 4.99 Å². The van der Waals surface area contributed by atoms with Crippen molar-refractivity contribution in [1.29, 1.82) is 0 Å². The molecule has 0 spiro atoms. The number of hydrogen-bond donors (Lipinski definition) is 0. The topological polar surface area (TPSA) is 88.1 Å².